The number of carbonyl (C=O) groups is 1. The molecule has 20 heavy (non-hydrogen) atoms. The van der Waals surface area contributed by atoms with Crippen molar-refractivity contribution in [3.8, 4) is 0 Å². The lowest BCUT2D eigenvalue weighted by Gasteiger charge is -2.18. The van der Waals surface area contributed by atoms with Crippen LogP contribution in [0.1, 0.15) is 22.5 Å². The van der Waals surface area contributed by atoms with Crippen LogP contribution in [0.4, 0.5) is 11.4 Å². The minimum atomic E-state index is -0.314. The molecule has 102 valence electrons. The van der Waals surface area contributed by atoms with Crippen LogP contribution in [0.15, 0.2) is 41.2 Å². The zero-order chi connectivity index (χ0) is 13.9. The molecule has 1 aromatic heterocycles. The lowest BCUT2D eigenvalue weighted by molar-refractivity contribution is 0.102. The minimum Gasteiger partial charge on any atom is -0.385 e. The number of hydrogen-bond acceptors (Lipinski definition) is 3. The highest BCUT2D eigenvalue weighted by Crippen LogP contribution is 2.25. The van der Waals surface area contributed by atoms with Gasteiger partial charge in [0.1, 0.15) is 5.69 Å². The molecule has 3 rings (SSSR count). The fraction of sp³-hybridized carbons (Fsp3) is 0.200. The molecule has 1 aliphatic rings. The molecule has 1 aromatic carbocycles. The maximum atomic E-state index is 12.0. The number of aromatic amines is 1. The van der Waals surface area contributed by atoms with Gasteiger partial charge in [0, 0.05) is 24.0 Å². The molecule has 2 heterocycles. The zero-order valence-corrected chi connectivity index (χ0v) is 10.9. The summed E-state index contributed by atoms with van der Waals surface area (Å²) in [6.45, 7) is 0.990. The lowest BCUT2D eigenvalue weighted by atomic mass is 10.0. The number of anilines is 2. The normalized spacial score (nSPS) is 13.2. The van der Waals surface area contributed by atoms with Gasteiger partial charge in [-0.15, -0.1) is 0 Å². The second-order valence-electron chi connectivity index (χ2n) is 4.79. The van der Waals surface area contributed by atoms with Gasteiger partial charge in [-0.05, 0) is 42.7 Å². The van der Waals surface area contributed by atoms with Crippen LogP contribution in [0, 0.1) is 0 Å². The second-order valence-corrected chi connectivity index (χ2v) is 4.79. The van der Waals surface area contributed by atoms with E-state index in [0.29, 0.717) is 0 Å². The Labute approximate surface area is 116 Å². The molecule has 1 aliphatic heterocycles. The van der Waals surface area contributed by atoms with Crippen LogP contribution in [0.5, 0.6) is 0 Å². The molecule has 0 atom stereocenters. The minimum absolute atomic E-state index is 0.258. The van der Waals surface area contributed by atoms with Crippen LogP contribution >= 0.6 is 0 Å². The third-order valence-electron chi connectivity index (χ3n) is 3.31. The average Bonchev–Trinajstić information content (AvgIpc) is 2.47. The van der Waals surface area contributed by atoms with Crippen molar-refractivity contribution < 1.29 is 4.79 Å². The molecule has 0 unspecified atom stereocenters. The Morgan fingerprint density at radius 3 is 2.95 bits per heavy atom. The third-order valence-corrected chi connectivity index (χ3v) is 3.31. The second kappa shape index (κ2) is 5.21. The van der Waals surface area contributed by atoms with E-state index in [2.05, 4.69) is 15.6 Å². The van der Waals surface area contributed by atoms with Crippen LogP contribution in [-0.2, 0) is 6.42 Å². The van der Waals surface area contributed by atoms with Crippen LogP contribution in [-0.4, -0.2) is 17.4 Å². The standard InChI is InChI=1S/C15H15N3O2/c19-14-5-1-4-13(18-14)15(20)17-11-6-7-12-10(9-11)3-2-8-16-12/h1,4-7,9,16H,2-3,8H2,(H,17,20)(H,18,19). The molecular weight excluding hydrogens is 254 g/mol. The van der Waals surface area contributed by atoms with E-state index in [9.17, 15) is 9.59 Å². The molecule has 0 saturated heterocycles. The molecule has 0 radical (unpaired) electrons. The molecular formula is C15H15N3O2. The SMILES string of the molecule is O=C(Nc1ccc2c(c1)CCCN2)c1cccc(=O)[nH]1. The Hall–Kier alpha value is -2.56. The number of aryl methyl sites for hydroxylation is 1. The number of nitrogens with one attached hydrogen (secondary N) is 3. The molecule has 5 nitrogen and oxygen atoms in total. The number of benzene rings is 1. The number of amides is 1. The van der Waals surface area contributed by atoms with Gasteiger partial charge in [0.2, 0.25) is 5.56 Å². The van der Waals surface area contributed by atoms with Crippen molar-refractivity contribution >= 4 is 17.3 Å². The first-order valence-corrected chi connectivity index (χ1v) is 6.60. The quantitative estimate of drug-likeness (QED) is 0.780. The van der Waals surface area contributed by atoms with Crippen molar-refractivity contribution in [2.75, 3.05) is 17.2 Å². The molecule has 0 saturated carbocycles. The average molecular weight is 269 g/mol. The number of aromatic nitrogens is 1. The first-order valence-electron chi connectivity index (χ1n) is 6.60. The summed E-state index contributed by atoms with van der Waals surface area (Å²) in [6, 6.07) is 10.3. The van der Waals surface area contributed by atoms with Gasteiger partial charge in [-0.2, -0.15) is 0 Å². The van der Waals surface area contributed by atoms with Crippen molar-refractivity contribution in [2.24, 2.45) is 0 Å². The molecule has 2 aromatic rings. The largest absolute Gasteiger partial charge is 0.385 e. The predicted molar refractivity (Wildman–Crippen MR) is 78.3 cm³/mol. The highest BCUT2D eigenvalue weighted by atomic mass is 16.2. The van der Waals surface area contributed by atoms with Gasteiger partial charge in [0.15, 0.2) is 0 Å². The summed E-state index contributed by atoms with van der Waals surface area (Å²) >= 11 is 0. The summed E-state index contributed by atoms with van der Waals surface area (Å²) in [5.74, 6) is -0.314. The van der Waals surface area contributed by atoms with Crippen LogP contribution in [0.3, 0.4) is 0 Å². The first-order chi connectivity index (χ1) is 9.72. The van der Waals surface area contributed by atoms with Crippen LogP contribution < -0.4 is 16.2 Å². The summed E-state index contributed by atoms with van der Waals surface area (Å²) in [7, 11) is 0. The van der Waals surface area contributed by atoms with E-state index < -0.39 is 0 Å². The fourth-order valence-electron chi connectivity index (χ4n) is 2.33. The van der Waals surface area contributed by atoms with Gasteiger partial charge in [-0.3, -0.25) is 9.59 Å². The van der Waals surface area contributed by atoms with Crippen molar-refractivity contribution in [1.82, 2.24) is 4.98 Å². The molecule has 3 N–H and O–H groups in total. The Balaban J connectivity index is 1.81. The summed E-state index contributed by atoms with van der Waals surface area (Å²) in [4.78, 5) is 25.7. The number of fused-ring (bicyclic) bond motifs is 1. The van der Waals surface area contributed by atoms with Crippen molar-refractivity contribution in [3.05, 3.63) is 58.0 Å². The van der Waals surface area contributed by atoms with E-state index in [4.69, 9.17) is 0 Å². The van der Waals surface area contributed by atoms with E-state index >= 15 is 0 Å². The predicted octanol–water partition coefficient (Wildman–Crippen LogP) is 1.99. The summed E-state index contributed by atoms with van der Waals surface area (Å²) in [5.41, 5.74) is 3.04. The van der Waals surface area contributed by atoms with Gasteiger partial charge in [0.05, 0.1) is 0 Å². The number of H-pyrrole nitrogens is 1. The van der Waals surface area contributed by atoms with Gasteiger partial charge in [-0.25, -0.2) is 0 Å². The highest BCUT2D eigenvalue weighted by molar-refractivity contribution is 6.02. The van der Waals surface area contributed by atoms with E-state index in [-0.39, 0.29) is 17.2 Å². The fourth-order valence-corrected chi connectivity index (χ4v) is 2.33. The maximum absolute atomic E-state index is 12.0. The molecule has 0 aliphatic carbocycles. The first kappa shape index (κ1) is 12.5. The number of hydrogen-bond donors (Lipinski definition) is 3. The van der Waals surface area contributed by atoms with Gasteiger partial charge in [-0.1, -0.05) is 6.07 Å². The van der Waals surface area contributed by atoms with E-state index in [1.165, 1.54) is 11.6 Å². The van der Waals surface area contributed by atoms with Crippen molar-refractivity contribution in [2.45, 2.75) is 12.8 Å². The number of pyridine rings is 1. The Bertz CT molecular complexity index is 706. The monoisotopic (exact) mass is 269 g/mol. The Morgan fingerprint density at radius 2 is 2.10 bits per heavy atom. The van der Waals surface area contributed by atoms with Crippen LogP contribution in [0.25, 0.3) is 0 Å². The van der Waals surface area contributed by atoms with Crippen molar-refractivity contribution in [3.63, 3.8) is 0 Å². The summed E-state index contributed by atoms with van der Waals surface area (Å²) in [6.07, 6.45) is 2.10. The highest BCUT2D eigenvalue weighted by Gasteiger charge is 2.11. The smallest absolute Gasteiger partial charge is 0.272 e. The van der Waals surface area contributed by atoms with Gasteiger partial charge < -0.3 is 15.6 Å². The van der Waals surface area contributed by atoms with E-state index in [1.807, 2.05) is 18.2 Å². The molecule has 5 heteroatoms. The zero-order valence-electron chi connectivity index (χ0n) is 10.9. The van der Waals surface area contributed by atoms with E-state index in [1.54, 1.807) is 12.1 Å². The number of rotatable bonds is 2. The topological polar surface area (TPSA) is 74.0 Å². The summed E-state index contributed by atoms with van der Waals surface area (Å²) in [5, 5.41) is 6.12. The van der Waals surface area contributed by atoms with E-state index in [0.717, 1.165) is 30.8 Å². The number of carbonyl (C=O) groups excluding carboxylic acids is 1. The van der Waals surface area contributed by atoms with Gasteiger partial charge >= 0.3 is 0 Å². The Kier molecular flexibility index (Phi) is 3.25. The third kappa shape index (κ3) is 2.56. The van der Waals surface area contributed by atoms with Crippen LogP contribution in [0.2, 0.25) is 0 Å². The lowest BCUT2D eigenvalue weighted by Crippen LogP contribution is -2.18. The molecule has 0 fully saturated rings. The van der Waals surface area contributed by atoms with Gasteiger partial charge in [0.25, 0.3) is 5.91 Å². The molecule has 0 bridgehead atoms. The maximum Gasteiger partial charge on any atom is 0.272 e. The van der Waals surface area contributed by atoms with Crippen molar-refractivity contribution in [1.29, 1.82) is 0 Å². The summed E-state index contributed by atoms with van der Waals surface area (Å²) < 4.78 is 0. The Morgan fingerprint density at radius 1 is 1.20 bits per heavy atom. The molecule has 1 amide bonds. The molecule has 0 spiro atoms.